The Morgan fingerprint density at radius 1 is 1.21 bits per heavy atom. The zero-order valence-corrected chi connectivity index (χ0v) is 20.2. The third-order valence-electron chi connectivity index (χ3n) is 6.56. The van der Waals surface area contributed by atoms with E-state index in [1.807, 2.05) is 17.0 Å². The van der Waals surface area contributed by atoms with Crippen LogP contribution in [0.1, 0.15) is 55.3 Å². The van der Waals surface area contributed by atoms with Gasteiger partial charge in [-0.3, -0.25) is 4.79 Å². The molecule has 7 nitrogen and oxygen atoms in total. The van der Waals surface area contributed by atoms with Crippen molar-refractivity contribution in [1.82, 2.24) is 9.88 Å². The fourth-order valence-electron chi connectivity index (χ4n) is 4.54. The molecule has 0 bridgehead atoms. The Balaban J connectivity index is 1.44. The van der Waals surface area contributed by atoms with E-state index >= 15 is 0 Å². The smallest absolute Gasteiger partial charge is 0.225 e. The highest BCUT2D eigenvalue weighted by Gasteiger charge is 2.33. The lowest BCUT2D eigenvalue weighted by molar-refractivity contribution is -0.134. The zero-order valence-electron chi connectivity index (χ0n) is 20.2. The number of carbonyl (C=O) groups is 1. The highest BCUT2D eigenvalue weighted by molar-refractivity contribution is 5.77. The number of hydrogen-bond donors (Lipinski definition) is 0. The van der Waals surface area contributed by atoms with Gasteiger partial charge in [0, 0.05) is 44.8 Å². The summed E-state index contributed by atoms with van der Waals surface area (Å²) in [5, 5.41) is 9.89. The summed E-state index contributed by atoms with van der Waals surface area (Å²) in [7, 11) is 1.61. The normalized spacial score (nSPS) is 18.0. The van der Waals surface area contributed by atoms with Gasteiger partial charge in [-0.25, -0.2) is 4.98 Å². The SMILES string of the molecule is COCCC(=O)N1CCN(c2nc(C3CC3)c(OCCCc3ccccc3)cc2C#N)C[C@H]1C. The standard InChI is InChI=1S/C27H34N4O3/c1-20-19-30(13-14-31(20)25(32)12-16-33-2)27-23(18-28)17-24(26(29-27)22-10-11-22)34-15-6-9-21-7-4-3-5-8-21/h3-5,7-8,17,20,22H,6,9-16,19H2,1-2H3/t20-/m1/s1. The fraction of sp³-hybridized carbons (Fsp3) is 0.519. The summed E-state index contributed by atoms with van der Waals surface area (Å²) in [6, 6.07) is 14.6. The van der Waals surface area contributed by atoms with Crippen LogP contribution in [-0.2, 0) is 16.0 Å². The molecule has 1 aromatic carbocycles. The van der Waals surface area contributed by atoms with Crippen molar-refractivity contribution >= 4 is 11.7 Å². The Morgan fingerprint density at radius 2 is 2.00 bits per heavy atom. The van der Waals surface area contributed by atoms with E-state index in [1.54, 1.807) is 7.11 Å². The average molecular weight is 463 g/mol. The molecule has 1 saturated heterocycles. The van der Waals surface area contributed by atoms with Gasteiger partial charge in [-0.05, 0) is 38.2 Å². The summed E-state index contributed by atoms with van der Waals surface area (Å²) >= 11 is 0. The predicted octanol–water partition coefficient (Wildman–Crippen LogP) is 3.92. The molecule has 4 rings (SSSR count). The number of carbonyl (C=O) groups excluding carboxylic acids is 1. The topological polar surface area (TPSA) is 78.7 Å². The third kappa shape index (κ3) is 5.87. The molecule has 1 atom stereocenters. The molecular weight excluding hydrogens is 428 g/mol. The molecule has 7 heteroatoms. The monoisotopic (exact) mass is 462 g/mol. The molecule has 1 saturated carbocycles. The summed E-state index contributed by atoms with van der Waals surface area (Å²) in [4.78, 5) is 21.5. The Kier molecular flexibility index (Phi) is 8.02. The van der Waals surface area contributed by atoms with Crippen LogP contribution >= 0.6 is 0 Å². The molecule has 2 fully saturated rings. The van der Waals surface area contributed by atoms with Crippen LogP contribution in [-0.4, -0.2) is 61.8 Å². The zero-order chi connectivity index (χ0) is 23.9. The molecule has 1 aromatic heterocycles. The lowest BCUT2D eigenvalue weighted by Crippen LogP contribution is -2.54. The Morgan fingerprint density at radius 3 is 2.68 bits per heavy atom. The largest absolute Gasteiger partial charge is 0.492 e. The van der Waals surface area contributed by atoms with Crippen molar-refractivity contribution in [2.24, 2.45) is 0 Å². The molecule has 0 spiro atoms. The summed E-state index contributed by atoms with van der Waals surface area (Å²) in [5.41, 5.74) is 2.81. The van der Waals surface area contributed by atoms with Gasteiger partial charge in [0.2, 0.25) is 5.91 Å². The van der Waals surface area contributed by atoms with Crippen LogP contribution in [0.25, 0.3) is 0 Å². The second-order valence-corrected chi connectivity index (χ2v) is 9.19. The summed E-state index contributed by atoms with van der Waals surface area (Å²) < 4.78 is 11.2. The number of nitrogens with zero attached hydrogens (tertiary/aromatic N) is 4. The van der Waals surface area contributed by atoms with Crippen LogP contribution in [0.4, 0.5) is 5.82 Å². The van der Waals surface area contributed by atoms with Gasteiger partial charge in [0.15, 0.2) is 0 Å². The van der Waals surface area contributed by atoms with Crippen molar-refractivity contribution in [3.8, 4) is 11.8 Å². The van der Waals surface area contributed by atoms with Crippen LogP contribution in [0.2, 0.25) is 0 Å². The van der Waals surface area contributed by atoms with Gasteiger partial charge in [0.1, 0.15) is 17.6 Å². The molecule has 0 unspecified atom stereocenters. The highest BCUT2D eigenvalue weighted by Crippen LogP contribution is 2.44. The van der Waals surface area contributed by atoms with Gasteiger partial charge in [-0.15, -0.1) is 0 Å². The van der Waals surface area contributed by atoms with E-state index in [2.05, 4.69) is 42.2 Å². The number of aromatic nitrogens is 1. The number of amides is 1. The van der Waals surface area contributed by atoms with Gasteiger partial charge >= 0.3 is 0 Å². The molecule has 1 amide bonds. The number of benzene rings is 1. The fourth-order valence-corrected chi connectivity index (χ4v) is 4.54. The number of ether oxygens (including phenoxy) is 2. The number of hydrogen-bond acceptors (Lipinski definition) is 6. The number of aryl methyl sites for hydroxylation is 1. The minimum Gasteiger partial charge on any atom is -0.492 e. The maximum atomic E-state index is 12.5. The van der Waals surface area contributed by atoms with E-state index in [4.69, 9.17) is 14.5 Å². The van der Waals surface area contributed by atoms with E-state index < -0.39 is 0 Å². The summed E-state index contributed by atoms with van der Waals surface area (Å²) in [6.07, 6.45) is 4.48. The maximum absolute atomic E-state index is 12.5. The predicted molar refractivity (Wildman–Crippen MR) is 131 cm³/mol. The van der Waals surface area contributed by atoms with Crippen molar-refractivity contribution in [2.45, 2.75) is 51.0 Å². The van der Waals surface area contributed by atoms with E-state index in [0.29, 0.717) is 50.8 Å². The first-order valence-corrected chi connectivity index (χ1v) is 12.3. The molecule has 0 radical (unpaired) electrons. The number of pyridine rings is 1. The van der Waals surface area contributed by atoms with Gasteiger partial charge in [-0.1, -0.05) is 30.3 Å². The first kappa shape index (κ1) is 24.0. The second kappa shape index (κ2) is 11.3. The molecule has 2 aliphatic rings. The van der Waals surface area contributed by atoms with Crippen LogP contribution < -0.4 is 9.64 Å². The van der Waals surface area contributed by atoms with Gasteiger partial charge in [0.05, 0.1) is 30.9 Å². The van der Waals surface area contributed by atoms with Crippen molar-refractivity contribution in [1.29, 1.82) is 5.26 Å². The molecular formula is C27H34N4O3. The van der Waals surface area contributed by atoms with Crippen LogP contribution in [0.3, 0.4) is 0 Å². The molecule has 1 aliphatic heterocycles. The van der Waals surface area contributed by atoms with E-state index in [0.717, 1.165) is 42.9 Å². The lowest BCUT2D eigenvalue weighted by atomic mass is 10.1. The van der Waals surface area contributed by atoms with Crippen molar-refractivity contribution in [3.05, 3.63) is 53.2 Å². The van der Waals surface area contributed by atoms with Gasteiger partial charge in [0.25, 0.3) is 0 Å². The molecule has 2 aromatic rings. The van der Waals surface area contributed by atoms with Gasteiger partial charge in [-0.2, -0.15) is 5.26 Å². The van der Waals surface area contributed by atoms with Crippen molar-refractivity contribution in [2.75, 3.05) is 44.9 Å². The summed E-state index contributed by atoms with van der Waals surface area (Å²) in [5.74, 6) is 1.99. The second-order valence-electron chi connectivity index (χ2n) is 9.19. The number of methoxy groups -OCH3 is 1. The summed E-state index contributed by atoms with van der Waals surface area (Å²) in [6.45, 7) is 5.01. The van der Waals surface area contributed by atoms with Crippen LogP contribution in [0.15, 0.2) is 36.4 Å². The molecule has 34 heavy (non-hydrogen) atoms. The number of anilines is 1. The van der Waals surface area contributed by atoms with E-state index in [-0.39, 0.29) is 11.9 Å². The van der Waals surface area contributed by atoms with E-state index in [9.17, 15) is 10.1 Å². The van der Waals surface area contributed by atoms with Crippen LogP contribution in [0, 0.1) is 11.3 Å². The minimum absolute atomic E-state index is 0.0461. The van der Waals surface area contributed by atoms with Gasteiger partial charge < -0.3 is 19.3 Å². The average Bonchev–Trinajstić information content (AvgIpc) is 3.70. The Hall–Kier alpha value is -3.11. The highest BCUT2D eigenvalue weighted by atomic mass is 16.5. The minimum atomic E-state index is 0.0461. The molecule has 0 N–H and O–H groups in total. The number of rotatable bonds is 10. The molecule has 180 valence electrons. The van der Waals surface area contributed by atoms with Crippen LogP contribution in [0.5, 0.6) is 5.75 Å². The lowest BCUT2D eigenvalue weighted by Gasteiger charge is -2.40. The Labute approximate surface area is 202 Å². The Bertz CT molecular complexity index is 1020. The third-order valence-corrected chi connectivity index (χ3v) is 6.56. The molecule has 1 aliphatic carbocycles. The first-order valence-electron chi connectivity index (χ1n) is 12.3. The molecule has 2 heterocycles. The van der Waals surface area contributed by atoms with Crippen molar-refractivity contribution in [3.63, 3.8) is 0 Å². The van der Waals surface area contributed by atoms with Crippen molar-refractivity contribution < 1.29 is 14.3 Å². The first-order chi connectivity index (χ1) is 16.6. The number of nitriles is 1. The quantitative estimate of drug-likeness (QED) is 0.498. The van der Waals surface area contributed by atoms with E-state index in [1.165, 1.54) is 5.56 Å². The maximum Gasteiger partial charge on any atom is 0.225 e. The number of piperazine rings is 1.